The van der Waals surface area contributed by atoms with Crippen molar-refractivity contribution >= 4 is 21.9 Å². The van der Waals surface area contributed by atoms with Gasteiger partial charge >= 0.3 is 5.97 Å². The van der Waals surface area contributed by atoms with Crippen LogP contribution in [-0.2, 0) is 4.79 Å². The molecule has 5 heteroatoms. The van der Waals surface area contributed by atoms with Crippen molar-refractivity contribution in [2.75, 3.05) is 20.2 Å². The fourth-order valence-electron chi connectivity index (χ4n) is 2.91. The van der Waals surface area contributed by atoms with Crippen molar-refractivity contribution < 1.29 is 14.6 Å². The monoisotopic (exact) mass is 355 g/mol. The number of hydrogen-bond donors (Lipinski definition) is 1. The molecule has 1 N–H and O–H groups in total. The first-order valence-corrected chi connectivity index (χ1v) is 8.20. The number of carboxylic acids is 1. The highest BCUT2D eigenvalue weighted by Gasteiger charge is 2.26. The molecule has 0 spiro atoms. The molecule has 0 radical (unpaired) electrons. The summed E-state index contributed by atoms with van der Waals surface area (Å²) in [6.45, 7) is 1.92. The van der Waals surface area contributed by atoms with Gasteiger partial charge in [0.25, 0.3) is 0 Å². The molecule has 1 fully saturated rings. The van der Waals surface area contributed by atoms with Crippen LogP contribution in [0.1, 0.15) is 43.7 Å². The van der Waals surface area contributed by atoms with E-state index in [-0.39, 0.29) is 12.5 Å². The van der Waals surface area contributed by atoms with Crippen LogP contribution >= 0.6 is 15.9 Å². The van der Waals surface area contributed by atoms with Crippen LogP contribution in [0.4, 0.5) is 0 Å². The molecule has 0 aliphatic carbocycles. The van der Waals surface area contributed by atoms with Crippen molar-refractivity contribution in [1.29, 1.82) is 0 Å². The van der Waals surface area contributed by atoms with Crippen molar-refractivity contribution in [3.63, 3.8) is 0 Å². The molecule has 4 nitrogen and oxygen atoms in total. The summed E-state index contributed by atoms with van der Waals surface area (Å²) in [5.41, 5.74) is 0.999. The molecule has 1 atom stereocenters. The highest BCUT2D eigenvalue weighted by molar-refractivity contribution is 9.10. The molecule has 0 aromatic heterocycles. The molecule has 0 bridgehead atoms. The van der Waals surface area contributed by atoms with Crippen LogP contribution < -0.4 is 4.74 Å². The molecule has 1 aromatic carbocycles. The van der Waals surface area contributed by atoms with Gasteiger partial charge in [-0.2, -0.15) is 0 Å². The molecule has 1 saturated heterocycles. The Morgan fingerprint density at radius 1 is 1.33 bits per heavy atom. The van der Waals surface area contributed by atoms with Gasteiger partial charge in [-0.05, 0) is 49.7 Å². The van der Waals surface area contributed by atoms with Gasteiger partial charge in [-0.3, -0.25) is 9.69 Å². The summed E-state index contributed by atoms with van der Waals surface area (Å²) < 4.78 is 6.23. The summed E-state index contributed by atoms with van der Waals surface area (Å²) >= 11 is 3.56. The van der Waals surface area contributed by atoms with E-state index in [2.05, 4.69) is 20.8 Å². The zero-order valence-corrected chi connectivity index (χ0v) is 13.9. The maximum absolute atomic E-state index is 11.3. The maximum Gasteiger partial charge on any atom is 0.305 e. The highest BCUT2D eigenvalue weighted by atomic mass is 79.9. The Labute approximate surface area is 134 Å². The van der Waals surface area contributed by atoms with E-state index < -0.39 is 5.97 Å². The molecule has 1 heterocycles. The number of nitrogens with zero attached hydrogens (tertiary/aromatic N) is 1. The molecule has 0 saturated carbocycles. The molecule has 116 valence electrons. The summed E-state index contributed by atoms with van der Waals surface area (Å²) in [6, 6.07) is 5.65. The molecule has 0 amide bonds. The van der Waals surface area contributed by atoms with Crippen LogP contribution in [0.15, 0.2) is 22.7 Å². The first-order valence-electron chi connectivity index (χ1n) is 7.41. The van der Waals surface area contributed by atoms with E-state index in [0.29, 0.717) is 0 Å². The average molecular weight is 356 g/mol. The van der Waals surface area contributed by atoms with Gasteiger partial charge in [0.15, 0.2) is 0 Å². The number of hydrogen-bond acceptors (Lipinski definition) is 3. The second kappa shape index (κ2) is 7.80. The smallest absolute Gasteiger partial charge is 0.305 e. The Morgan fingerprint density at radius 3 is 2.57 bits per heavy atom. The minimum atomic E-state index is -0.765. The minimum Gasteiger partial charge on any atom is -0.497 e. The van der Waals surface area contributed by atoms with Gasteiger partial charge in [-0.1, -0.05) is 28.8 Å². The van der Waals surface area contributed by atoms with Crippen molar-refractivity contribution in [3.8, 4) is 5.75 Å². The SMILES string of the molecule is COc1ccc(Br)c(C(CC(=O)O)N2CCCCCC2)c1. The van der Waals surface area contributed by atoms with Gasteiger partial charge in [0, 0.05) is 10.5 Å². The highest BCUT2D eigenvalue weighted by Crippen LogP contribution is 2.34. The Kier molecular flexibility index (Phi) is 6.06. The van der Waals surface area contributed by atoms with Gasteiger partial charge < -0.3 is 9.84 Å². The summed E-state index contributed by atoms with van der Waals surface area (Å²) in [6.07, 6.45) is 4.85. The van der Waals surface area contributed by atoms with Crippen molar-refractivity contribution in [3.05, 3.63) is 28.2 Å². The lowest BCUT2D eigenvalue weighted by Gasteiger charge is -2.30. The predicted molar refractivity (Wildman–Crippen MR) is 85.7 cm³/mol. The second-order valence-corrected chi connectivity index (χ2v) is 6.31. The zero-order chi connectivity index (χ0) is 15.2. The van der Waals surface area contributed by atoms with Crippen LogP contribution in [0.25, 0.3) is 0 Å². The van der Waals surface area contributed by atoms with Gasteiger partial charge in [0.05, 0.1) is 13.5 Å². The number of carbonyl (C=O) groups is 1. The van der Waals surface area contributed by atoms with Gasteiger partial charge in [0.2, 0.25) is 0 Å². The van der Waals surface area contributed by atoms with E-state index in [0.717, 1.165) is 41.7 Å². The molecule has 2 rings (SSSR count). The summed E-state index contributed by atoms with van der Waals surface area (Å²) in [4.78, 5) is 13.6. The van der Waals surface area contributed by atoms with Crippen molar-refractivity contribution in [1.82, 2.24) is 4.90 Å². The van der Waals surface area contributed by atoms with Crippen LogP contribution in [0.5, 0.6) is 5.75 Å². The Balaban J connectivity index is 2.31. The minimum absolute atomic E-state index is 0.106. The molecule has 21 heavy (non-hydrogen) atoms. The number of likely N-dealkylation sites (tertiary alicyclic amines) is 1. The first-order chi connectivity index (χ1) is 10.1. The van der Waals surface area contributed by atoms with Crippen LogP contribution in [0.3, 0.4) is 0 Å². The van der Waals surface area contributed by atoms with Gasteiger partial charge in [-0.25, -0.2) is 0 Å². The number of carboxylic acid groups (broad SMARTS) is 1. The normalized spacial score (nSPS) is 18.0. The number of benzene rings is 1. The molecular weight excluding hydrogens is 334 g/mol. The third kappa shape index (κ3) is 4.45. The number of methoxy groups -OCH3 is 1. The van der Waals surface area contributed by atoms with Crippen LogP contribution in [-0.4, -0.2) is 36.2 Å². The summed E-state index contributed by atoms with van der Waals surface area (Å²) in [5, 5.41) is 9.29. The fourth-order valence-corrected chi connectivity index (χ4v) is 3.42. The van der Waals surface area contributed by atoms with Crippen molar-refractivity contribution in [2.45, 2.75) is 38.1 Å². The van der Waals surface area contributed by atoms with Gasteiger partial charge in [-0.15, -0.1) is 0 Å². The van der Waals surface area contributed by atoms with Gasteiger partial charge in [0.1, 0.15) is 5.75 Å². The Morgan fingerprint density at radius 2 is 2.00 bits per heavy atom. The van der Waals surface area contributed by atoms with E-state index in [4.69, 9.17) is 4.74 Å². The second-order valence-electron chi connectivity index (χ2n) is 5.45. The fraction of sp³-hybridized carbons (Fsp3) is 0.562. The molecular formula is C16H22BrNO3. The van der Waals surface area contributed by atoms with Crippen LogP contribution in [0.2, 0.25) is 0 Å². The lowest BCUT2D eigenvalue weighted by molar-refractivity contribution is -0.138. The van der Waals surface area contributed by atoms with E-state index in [1.807, 2.05) is 18.2 Å². The first kappa shape index (κ1) is 16.3. The Hall–Kier alpha value is -1.07. The predicted octanol–water partition coefficient (Wildman–Crippen LogP) is 3.85. The number of aliphatic carboxylic acids is 1. The van der Waals surface area contributed by atoms with E-state index in [1.165, 1.54) is 12.8 Å². The van der Waals surface area contributed by atoms with E-state index >= 15 is 0 Å². The third-order valence-corrected chi connectivity index (χ3v) is 4.73. The molecule has 1 unspecified atom stereocenters. The third-order valence-electron chi connectivity index (χ3n) is 4.01. The average Bonchev–Trinajstić information content (AvgIpc) is 2.74. The van der Waals surface area contributed by atoms with E-state index in [1.54, 1.807) is 7.11 Å². The lowest BCUT2D eigenvalue weighted by atomic mass is 10.0. The summed E-state index contributed by atoms with van der Waals surface area (Å²) in [5.74, 6) is -0.00243. The summed E-state index contributed by atoms with van der Waals surface area (Å²) in [7, 11) is 1.63. The number of ether oxygens (including phenoxy) is 1. The molecule has 1 aromatic rings. The topological polar surface area (TPSA) is 49.8 Å². The van der Waals surface area contributed by atoms with E-state index in [9.17, 15) is 9.90 Å². The quantitative estimate of drug-likeness (QED) is 0.871. The Bertz CT molecular complexity index is 484. The van der Waals surface area contributed by atoms with Crippen LogP contribution in [0, 0.1) is 0 Å². The maximum atomic E-state index is 11.3. The van der Waals surface area contributed by atoms with Crippen molar-refractivity contribution in [2.24, 2.45) is 0 Å². The largest absolute Gasteiger partial charge is 0.497 e. The molecule has 1 aliphatic rings. The zero-order valence-electron chi connectivity index (χ0n) is 12.3. The molecule has 1 aliphatic heterocycles. The standard InChI is InChI=1S/C16H22BrNO3/c1-21-12-6-7-14(17)13(10-12)15(11-16(19)20)18-8-4-2-3-5-9-18/h6-7,10,15H,2-5,8-9,11H2,1H3,(H,19,20). The number of halogens is 1. The number of rotatable bonds is 5. The lowest BCUT2D eigenvalue weighted by Crippen LogP contribution is -2.31.